The Morgan fingerprint density at radius 3 is 1.57 bits per heavy atom. The summed E-state index contributed by atoms with van der Waals surface area (Å²) in [5.74, 6) is 0.0862. The van der Waals surface area contributed by atoms with Gasteiger partial charge in [0.1, 0.15) is 11.5 Å². The highest BCUT2D eigenvalue weighted by molar-refractivity contribution is 5.42. The van der Waals surface area contributed by atoms with Crippen LogP contribution in [-0.2, 0) is 26.3 Å². The molecule has 2 heterocycles. The van der Waals surface area contributed by atoms with Crippen LogP contribution >= 0.6 is 0 Å². The zero-order valence-corrected chi connectivity index (χ0v) is 13.2. The van der Waals surface area contributed by atoms with Gasteiger partial charge >= 0.3 is 0 Å². The van der Waals surface area contributed by atoms with Gasteiger partial charge in [0.05, 0.1) is 24.6 Å². The predicted molar refractivity (Wildman–Crippen MR) is 83.7 cm³/mol. The second-order valence-corrected chi connectivity index (χ2v) is 5.31. The Bertz CT molecular complexity index is 645. The SMILES string of the molecule is Cc1ncc(CO)c(CNCc2c(CO)cnc(C)c2O)c1O. The van der Waals surface area contributed by atoms with E-state index in [2.05, 4.69) is 15.3 Å². The highest BCUT2D eigenvalue weighted by Crippen LogP contribution is 2.26. The molecular weight excluding hydrogens is 298 g/mol. The summed E-state index contributed by atoms with van der Waals surface area (Å²) >= 11 is 0. The third-order valence-electron chi connectivity index (χ3n) is 3.80. The molecular formula is C16H21N3O4. The number of aryl methyl sites for hydroxylation is 2. The first kappa shape index (κ1) is 17.1. The molecule has 0 unspecified atom stereocenters. The molecule has 0 saturated carbocycles. The lowest BCUT2D eigenvalue weighted by molar-refractivity contribution is 0.277. The first-order valence-electron chi connectivity index (χ1n) is 7.24. The molecule has 0 aliphatic carbocycles. The molecule has 2 aromatic heterocycles. The summed E-state index contributed by atoms with van der Waals surface area (Å²) in [6.07, 6.45) is 3.05. The van der Waals surface area contributed by atoms with Crippen LogP contribution in [0.5, 0.6) is 11.5 Å². The van der Waals surface area contributed by atoms with Crippen molar-refractivity contribution in [2.24, 2.45) is 0 Å². The molecule has 0 aliphatic heterocycles. The number of aliphatic hydroxyl groups excluding tert-OH is 2. The number of rotatable bonds is 6. The van der Waals surface area contributed by atoms with Crippen molar-refractivity contribution in [2.45, 2.75) is 40.2 Å². The van der Waals surface area contributed by atoms with Crippen molar-refractivity contribution in [2.75, 3.05) is 0 Å². The van der Waals surface area contributed by atoms with Crippen molar-refractivity contribution in [1.82, 2.24) is 15.3 Å². The van der Waals surface area contributed by atoms with E-state index in [-0.39, 0.29) is 37.8 Å². The van der Waals surface area contributed by atoms with Crippen molar-refractivity contribution in [3.8, 4) is 11.5 Å². The fourth-order valence-corrected chi connectivity index (χ4v) is 2.35. The first-order valence-corrected chi connectivity index (χ1v) is 7.24. The Balaban J connectivity index is 2.18. The molecule has 0 fully saturated rings. The first-order chi connectivity index (χ1) is 11.0. The van der Waals surface area contributed by atoms with Gasteiger partial charge in [-0.15, -0.1) is 0 Å². The number of hydrogen-bond acceptors (Lipinski definition) is 7. The van der Waals surface area contributed by atoms with E-state index in [4.69, 9.17) is 0 Å². The molecule has 0 bridgehead atoms. The van der Waals surface area contributed by atoms with Crippen molar-refractivity contribution in [1.29, 1.82) is 0 Å². The minimum Gasteiger partial charge on any atom is -0.506 e. The number of aromatic nitrogens is 2. The van der Waals surface area contributed by atoms with Gasteiger partial charge in [-0.05, 0) is 13.8 Å². The van der Waals surface area contributed by atoms with Crippen LogP contribution in [0, 0.1) is 13.8 Å². The number of aliphatic hydroxyl groups is 2. The van der Waals surface area contributed by atoms with Gasteiger partial charge in [-0.1, -0.05) is 0 Å². The van der Waals surface area contributed by atoms with Crippen LogP contribution in [0.25, 0.3) is 0 Å². The van der Waals surface area contributed by atoms with Crippen molar-refractivity contribution < 1.29 is 20.4 Å². The Kier molecular flexibility index (Phi) is 5.49. The zero-order valence-electron chi connectivity index (χ0n) is 13.2. The lowest BCUT2D eigenvalue weighted by Crippen LogP contribution is -2.16. The highest BCUT2D eigenvalue weighted by atomic mass is 16.3. The van der Waals surface area contributed by atoms with Crippen LogP contribution < -0.4 is 5.32 Å². The zero-order chi connectivity index (χ0) is 17.0. The minimum absolute atomic E-state index is 0.0431. The van der Waals surface area contributed by atoms with Crippen molar-refractivity contribution >= 4 is 0 Å². The number of pyridine rings is 2. The average Bonchev–Trinajstić information content (AvgIpc) is 2.55. The van der Waals surface area contributed by atoms with Gasteiger partial charge in [0, 0.05) is 47.7 Å². The van der Waals surface area contributed by atoms with E-state index in [1.807, 2.05) is 0 Å². The van der Waals surface area contributed by atoms with E-state index < -0.39 is 0 Å². The van der Waals surface area contributed by atoms with Gasteiger partial charge in [-0.2, -0.15) is 0 Å². The molecule has 5 N–H and O–H groups in total. The van der Waals surface area contributed by atoms with Crippen LogP contribution in [-0.4, -0.2) is 30.4 Å². The molecule has 0 atom stereocenters. The lowest BCUT2D eigenvalue weighted by atomic mass is 10.1. The summed E-state index contributed by atoms with van der Waals surface area (Å²) in [4.78, 5) is 8.02. The minimum atomic E-state index is -0.223. The topological polar surface area (TPSA) is 119 Å². The van der Waals surface area contributed by atoms with Crippen LogP contribution in [0.15, 0.2) is 12.4 Å². The molecule has 0 saturated heterocycles. The van der Waals surface area contributed by atoms with Crippen LogP contribution in [0.2, 0.25) is 0 Å². The monoisotopic (exact) mass is 319 g/mol. The van der Waals surface area contributed by atoms with Gasteiger partial charge in [0.15, 0.2) is 0 Å². The van der Waals surface area contributed by atoms with E-state index in [1.165, 1.54) is 12.4 Å². The van der Waals surface area contributed by atoms with Gasteiger partial charge in [0.25, 0.3) is 0 Å². The maximum atomic E-state index is 10.1. The van der Waals surface area contributed by atoms with Gasteiger partial charge in [0.2, 0.25) is 0 Å². The molecule has 0 aromatic carbocycles. The quantitative estimate of drug-likeness (QED) is 0.534. The molecule has 0 aliphatic rings. The normalized spacial score (nSPS) is 11.0. The second-order valence-electron chi connectivity index (χ2n) is 5.31. The Morgan fingerprint density at radius 1 is 0.826 bits per heavy atom. The smallest absolute Gasteiger partial charge is 0.141 e. The predicted octanol–water partition coefficient (Wildman–Crippen LogP) is 0.779. The number of aromatic hydroxyl groups is 2. The number of nitrogens with zero attached hydrogens (tertiary/aromatic N) is 2. The van der Waals surface area contributed by atoms with Crippen LogP contribution in [0.4, 0.5) is 0 Å². The molecule has 0 radical (unpaired) electrons. The van der Waals surface area contributed by atoms with E-state index in [0.29, 0.717) is 33.6 Å². The summed E-state index contributed by atoms with van der Waals surface area (Å²) in [7, 11) is 0. The van der Waals surface area contributed by atoms with E-state index in [0.717, 1.165) is 0 Å². The Morgan fingerprint density at radius 2 is 1.22 bits per heavy atom. The van der Waals surface area contributed by atoms with Gasteiger partial charge < -0.3 is 25.7 Å². The fourth-order valence-electron chi connectivity index (χ4n) is 2.35. The maximum Gasteiger partial charge on any atom is 0.141 e. The fraction of sp³-hybridized carbons (Fsp3) is 0.375. The van der Waals surface area contributed by atoms with Crippen molar-refractivity contribution in [3.05, 3.63) is 46.0 Å². The van der Waals surface area contributed by atoms with Gasteiger partial charge in [-0.3, -0.25) is 9.97 Å². The second kappa shape index (κ2) is 7.36. The van der Waals surface area contributed by atoms with E-state index in [1.54, 1.807) is 13.8 Å². The molecule has 124 valence electrons. The molecule has 7 nitrogen and oxygen atoms in total. The summed E-state index contributed by atoms with van der Waals surface area (Å²) in [6, 6.07) is 0. The highest BCUT2D eigenvalue weighted by Gasteiger charge is 2.14. The molecule has 0 spiro atoms. The summed E-state index contributed by atoms with van der Waals surface area (Å²) in [6.45, 7) is 3.50. The maximum absolute atomic E-state index is 10.1. The third-order valence-corrected chi connectivity index (χ3v) is 3.80. The standard InChI is InChI=1S/C16H21N3O4/c1-9-15(22)13(11(7-20)3-18-9)5-17-6-14-12(8-21)4-19-10(2)16(14)23/h3-4,17,20-23H,5-8H2,1-2H3. The van der Waals surface area contributed by atoms with Crippen LogP contribution in [0.3, 0.4) is 0 Å². The average molecular weight is 319 g/mol. The lowest BCUT2D eigenvalue weighted by Gasteiger charge is -2.15. The number of nitrogens with one attached hydrogen (secondary N) is 1. The number of hydrogen-bond donors (Lipinski definition) is 5. The molecule has 7 heteroatoms. The third kappa shape index (κ3) is 3.58. The molecule has 23 heavy (non-hydrogen) atoms. The summed E-state index contributed by atoms with van der Waals surface area (Å²) < 4.78 is 0. The van der Waals surface area contributed by atoms with Crippen molar-refractivity contribution in [3.63, 3.8) is 0 Å². The molecule has 2 aromatic rings. The molecule has 0 amide bonds. The molecule has 2 rings (SSSR count). The Hall–Kier alpha value is -2.22. The largest absolute Gasteiger partial charge is 0.506 e. The van der Waals surface area contributed by atoms with E-state index >= 15 is 0 Å². The van der Waals surface area contributed by atoms with Crippen LogP contribution in [0.1, 0.15) is 33.6 Å². The van der Waals surface area contributed by atoms with E-state index in [9.17, 15) is 20.4 Å². The summed E-state index contributed by atoms with van der Waals surface area (Å²) in [5, 5.41) is 42.0. The summed E-state index contributed by atoms with van der Waals surface area (Å²) in [5.41, 5.74) is 3.18. The Labute approximate surface area is 134 Å². The van der Waals surface area contributed by atoms with Gasteiger partial charge in [-0.25, -0.2) is 0 Å².